The molecule has 0 spiro atoms. The second-order valence-corrected chi connectivity index (χ2v) is 6.87. The van der Waals surface area contributed by atoms with E-state index in [-0.39, 0.29) is 12.5 Å². The Balaban J connectivity index is 1.75. The number of anilines is 1. The highest BCUT2D eigenvalue weighted by molar-refractivity contribution is 5.98. The number of aromatic nitrogens is 3. The smallest absolute Gasteiger partial charge is 0.225 e. The molecule has 1 aliphatic rings. The van der Waals surface area contributed by atoms with E-state index in [9.17, 15) is 9.90 Å². The molecule has 1 atom stereocenters. The molecule has 1 unspecified atom stereocenters. The molecule has 1 fully saturated rings. The summed E-state index contributed by atoms with van der Waals surface area (Å²) >= 11 is 0. The van der Waals surface area contributed by atoms with E-state index in [1.807, 2.05) is 30.5 Å². The summed E-state index contributed by atoms with van der Waals surface area (Å²) in [5.41, 5.74) is 2.99. The number of amides is 1. The predicted molar refractivity (Wildman–Crippen MR) is 102 cm³/mol. The Morgan fingerprint density at radius 1 is 1.44 bits per heavy atom. The van der Waals surface area contributed by atoms with Crippen LogP contribution in [0.3, 0.4) is 0 Å². The molecule has 3 aromatic heterocycles. The maximum absolute atomic E-state index is 11.7. The second-order valence-electron chi connectivity index (χ2n) is 6.87. The molecule has 0 aromatic carbocycles. The Labute approximate surface area is 156 Å². The van der Waals surface area contributed by atoms with Gasteiger partial charge in [0, 0.05) is 30.2 Å². The number of nitrogens with zero attached hydrogens (tertiary/aromatic N) is 2. The summed E-state index contributed by atoms with van der Waals surface area (Å²) in [6, 6.07) is 7.69. The minimum Gasteiger partial charge on any atom is -0.395 e. The molecule has 1 amide bonds. The van der Waals surface area contributed by atoms with Crippen molar-refractivity contribution < 1.29 is 14.6 Å². The first kappa shape index (κ1) is 17.6. The van der Waals surface area contributed by atoms with Crippen LogP contribution in [-0.2, 0) is 14.9 Å². The minimum absolute atomic E-state index is 0.00839. The molecule has 0 radical (unpaired) electrons. The number of H-pyrrole nitrogens is 1. The zero-order valence-electron chi connectivity index (χ0n) is 15.2. The van der Waals surface area contributed by atoms with Gasteiger partial charge in [0.25, 0.3) is 0 Å². The van der Waals surface area contributed by atoms with Gasteiger partial charge in [-0.25, -0.2) is 4.98 Å². The maximum atomic E-state index is 11.7. The highest BCUT2D eigenvalue weighted by Crippen LogP contribution is 2.34. The van der Waals surface area contributed by atoms with Crippen molar-refractivity contribution in [2.45, 2.75) is 25.2 Å². The molecule has 4 rings (SSSR count). The van der Waals surface area contributed by atoms with Gasteiger partial charge in [0.15, 0.2) is 0 Å². The van der Waals surface area contributed by atoms with Crippen LogP contribution in [0.4, 0.5) is 5.82 Å². The first-order valence-corrected chi connectivity index (χ1v) is 9.09. The summed E-state index contributed by atoms with van der Waals surface area (Å²) in [6.07, 6.45) is 4.74. The molecule has 1 saturated heterocycles. The van der Waals surface area contributed by atoms with Crippen LogP contribution in [0.2, 0.25) is 0 Å². The number of hydrogen-bond donors (Lipinski definition) is 3. The third-order valence-electron chi connectivity index (χ3n) is 5.13. The molecule has 4 heterocycles. The molecule has 140 valence electrons. The normalized spacial score (nSPS) is 19.5. The first-order valence-electron chi connectivity index (χ1n) is 9.09. The predicted octanol–water partition coefficient (Wildman–Crippen LogP) is 2.62. The standard InChI is InChI=1S/C20H22N4O3/c1-2-19(26)24-18-8-13-14(9-21-16(13)10-22-18)15-4-3-5-17(23-15)20(11-25)6-7-27-12-20/h3-5,8-10,21,25H,2,6-7,11-12H2,1H3,(H,22,24,26). The fraction of sp³-hybridized carbons (Fsp3) is 0.350. The molecule has 3 aromatic rings. The van der Waals surface area contributed by atoms with Gasteiger partial charge in [-0.05, 0) is 24.6 Å². The van der Waals surface area contributed by atoms with Crippen LogP contribution in [0.1, 0.15) is 25.5 Å². The minimum atomic E-state index is -0.441. The van der Waals surface area contributed by atoms with Crippen molar-refractivity contribution >= 4 is 22.6 Å². The number of pyridine rings is 2. The Morgan fingerprint density at radius 2 is 2.33 bits per heavy atom. The second kappa shape index (κ2) is 7.09. The molecule has 0 bridgehead atoms. The Hall–Kier alpha value is -2.77. The lowest BCUT2D eigenvalue weighted by Gasteiger charge is -2.24. The number of rotatable bonds is 5. The quantitative estimate of drug-likeness (QED) is 0.644. The van der Waals surface area contributed by atoms with Crippen LogP contribution in [0, 0.1) is 0 Å². The zero-order chi connectivity index (χ0) is 18.9. The highest BCUT2D eigenvalue weighted by Gasteiger charge is 2.37. The molecule has 1 aliphatic heterocycles. The number of hydrogen-bond acceptors (Lipinski definition) is 5. The van der Waals surface area contributed by atoms with E-state index in [0.29, 0.717) is 25.5 Å². The number of aromatic amines is 1. The van der Waals surface area contributed by atoms with E-state index < -0.39 is 5.41 Å². The van der Waals surface area contributed by atoms with E-state index >= 15 is 0 Å². The van der Waals surface area contributed by atoms with Crippen molar-refractivity contribution in [3.05, 3.63) is 42.4 Å². The van der Waals surface area contributed by atoms with E-state index in [2.05, 4.69) is 15.3 Å². The van der Waals surface area contributed by atoms with E-state index in [1.165, 1.54) is 0 Å². The molecule has 3 N–H and O–H groups in total. The van der Waals surface area contributed by atoms with Crippen molar-refractivity contribution in [3.8, 4) is 11.3 Å². The van der Waals surface area contributed by atoms with Crippen molar-refractivity contribution in [3.63, 3.8) is 0 Å². The van der Waals surface area contributed by atoms with Gasteiger partial charge in [0.1, 0.15) is 5.82 Å². The van der Waals surface area contributed by atoms with Gasteiger partial charge in [0.05, 0.1) is 41.7 Å². The zero-order valence-corrected chi connectivity index (χ0v) is 15.2. The van der Waals surface area contributed by atoms with Gasteiger partial charge in [0.2, 0.25) is 5.91 Å². The lowest BCUT2D eigenvalue weighted by atomic mass is 9.84. The topological polar surface area (TPSA) is 100 Å². The van der Waals surface area contributed by atoms with Gasteiger partial charge in [-0.15, -0.1) is 0 Å². The molecular formula is C20H22N4O3. The largest absolute Gasteiger partial charge is 0.395 e. The number of fused-ring (bicyclic) bond motifs is 1. The average Bonchev–Trinajstić information content (AvgIpc) is 3.35. The van der Waals surface area contributed by atoms with Crippen LogP contribution >= 0.6 is 0 Å². The summed E-state index contributed by atoms with van der Waals surface area (Å²) in [4.78, 5) is 24.0. The number of carbonyl (C=O) groups excluding carboxylic acids is 1. The number of ether oxygens (including phenoxy) is 1. The summed E-state index contributed by atoms with van der Waals surface area (Å²) < 4.78 is 5.52. The molecule has 7 nitrogen and oxygen atoms in total. The van der Waals surface area contributed by atoms with Gasteiger partial charge in [-0.3, -0.25) is 9.78 Å². The van der Waals surface area contributed by atoms with Crippen LogP contribution < -0.4 is 5.32 Å². The molecule has 0 aliphatic carbocycles. The third-order valence-corrected chi connectivity index (χ3v) is 5.13. The Morgan fingerprint density at radius 3 is 3.07 bits per heavy atom. The summed E-state index contributed by atoms with van der Waals surface area (Å²) in [5, 5.41) is 13.7. The van der Waals surface area contributed by atoms with E-state index in [4.69, 9.17) is 9.72 Å². The average molecular weight is 366 g/mol. The molecule has 0 saturated carbocycles. The van der Waals surface area contributed by atoms with Crippen molar-refractivity contribution in [2.75, 3.05) is 25.1 Å². The van der Waals surface area contributed by atoms with Crippen molar-refractivity contribution in [2.24, 2.45) is 0 Å². The maximum Gasteiger partial charge on any atom is 0.225 e. The van der Waals surface area contributed by atoms with Gasteiger partial charge in [-0.2, -0.15) is 0 Å². The van der Waals surface area contributed by atoms with Gasteiger partial charge in [-0.1, -0.05) is 13.0 Å². The fourth-order valence-corrected chi connectivity index (χ4v) is 3.43. The van der Waals surface area contributed by atoms with Crippen LogP contribution in [0.25, 0.3) is 22.2 Å². The first-order chi connectivity index (χ1) is 13.1. The SMILES string of the molecule is CCC(=O)Nc1cc2c(-c3cccc(C4(CO)CCOC4)n3)c[nH]c2cn1. The van der Waals surface area contributed by atoms with Gasteiger partial charge >= 0.3 is 0 Å². The highest BCUT2D eigenvalue weighted by atomic mass is 16.5. The third kappa shape index (κ3) is 3.20. The Kier molecular flexibility index (Phi) is 4.63. The number of aliphatic hydroxyl groups is 1. The summed E-state index contributed by atoms with van der Waals surface area (Å²) in [6.45, 7) is 2.92. The fourth-order valence-electron chi connectivity index (χ4n) is 3.43. The lowest BCUT2D eigenvalue weighted by molar-refractivity contribution is -0.115. The number of aliphatic hydroxyl groups excluding tert-OH is 1. The van der Waals surface area contributed by atoms with E-state index in [0.717, 1.165) is 34.3 Å². The van der Waals surface area contributed by atoms with E-state index in [1.54, 1.807) is 13.1 Å². The Bertz CT molecular complexity index is 976. The monoisotopic (exact) mass is 366 g/mol. The van der Waals surface area contributed by atoms with Crippen LogP contribution in [0.15, 0.2) is 36.7 Å². The van der Waals surface area contributed by atoms with Crippen LogP contribution in [-0.4, -0.2) is 45.8 Å². The lowest BCUT2D eigenvalue weighted by Crippen LogP contribution is -2.32. The molecule has 7 heteroatoms. The number of carbonyl (C=O) groups is 1. The van der Waals surface area contributed by atoms with Gasteiger partial charge < -0.3 is 20.1 Å². The molecule has 27 heavy (non-hydrogen) atoms. The molecular weight excluding hydrogens is 344 g/mol. The summed E-state index contributed by atoms with van der Waals surface area (Å²) in [5.74, 6) is 0.438. The van der Waals surface area contributed by atoms with Crippen LogP contribution in [0.5, 0.6) is 0 Å². The number of nitrogens with one attached hydrogen (secondary N) is 2. The van der Waals surface area contributed by atoms with Crippen molar-refractivity contribution in [1.82, 2.24) is 15.0 Å². The van der Waals surface area contributed by atoms with Crippen molar-refractivity contribution in [1.29, 1.82) is 0 Å². The summed E-state index contributed by atoms with van der Waals surface area (Å²) in [7, 11) is 0.